The summed E-state index contributed by atoms with van der Waals surface area (Å²) in [7, 11) is 0. The topological polar surface area (TPSA) is 804 Å². The van der Waals surface area contributed by atoms with Gasteiger partial charge in [0, 0.05) is 285 Å². The van der Waals surface area contributed by atoms with Crippen LogP contribution in [0.3, 0.4) is 0 Å². The van der Waals surface area contributed by atoms with Crippen molar-refractivity contribution in [3.63, 3.8) is 0 Å². The average molecular weight is 1910 g/mol. The van der Waals surface area contributed by atoms with Crippen LogP contribution in [0.2, 0.25) is 0 Å². The number of hydrogen-bond acceptors (Lipinski definition) is 18. The van der Waals surface area contributed by atoms with Crippen LogP contribution in [0.15, 0.2) is 54.6 Å². The predicted octanol–water partition coefficient (Wildman–Crippen LogP) is -16.9. The van der Waals surface area contributed by atoms with Crippen molar-refractivity contribution in [1.82, 2.24) is 0 Å². The largest absolute Gasteiger partial charge is 0.545 e. The molecule has 0 unspecified atom stereocenters. The van der Waals surface area contributed by atoms with Gasteiger partial charge >= 0.3 is 0 Å². The molecule has 0 aliphatic carbocycles. The fraction of sp³-hybridized carbons (Fsp3) is 0.259. The van der Waals surface area contributed by atoms with Crippen molar-refractivity contribution in [2.45, 2.75) is 44.0 Å². The van der Waals surface area contributed by atoms with E-state index in [-0.39, 0.29) is 372 Å². The van der Waals surface area contributed by atoms with E-state index in [1.807, 2.05) is 0 Å². The zero-order valence-corrected chi connectivity index (χ0v) is 72.3. The smallest absolute Gasteiger partial charge is 0.178 e. The summed E-state index contributed by atoms with van der Waals surface area (Å²) < 4.78 is 0. The molecule has 0 aromatic heterocycles. The van der Waals surface area contributed by atoms with Gasteiger partial charge in [-0.3, -0.25) is 0 Å². The Morgan fingerprint density at radius 3 is 0.412 bits per heavy atom. The van der Waals surface area contributed by atoms with Crippen LogP contribution < -0.4 is 10.2 Å². The Kier molecular flexibility index (Phi) is 172. The molecule has 0 atom stereocenters. The van der Waals surface area contributed by atoms with Gasteiger partial charge in [-0.25, -0.2) is 0 Å². The molecule has 0 aliphatic heterocycles. The zero-order valence-electron chi connectivity index (χ0n) is 36.0. The second kappa shape index (κ2) is 77.3. The SMILES string of the molecule is O.O.O.O.O.O.O.O.O.O.O.O.O.O.O=C([O-])c1cc(C(O)O)cc(C(O)O)c1.O=C([O-])c1cc(C(O)O)cc(C(O)O)c1.OC(O)c1cc(C(O)O)cc(C(O)O)c1.[Cd].[Cd].[Cd].[Cd].[Cd].[Cd].[Cd].[Cd].[Cd]. The van der Waals surface area contributed by atoms with Gasteiger partial charge < -0.3 is 168 Å². The molecule has 0 heterocycles. The minimum Gasteiger partial charge on any atom is -0.545 e. The first-order valence-electron chi connectivity index (χ1n) is 12.1. The average Bonchev–Trinajstić information content (AvgIpc) is 2.96. The number of carboxylic acids is 2. The van der Waals surface area contributed by atoms with Gasteiger partial charge in [0.25, 0.3) is 0 Å². The van der Waals surface area contributed by atoms with Gasteiger partial charge in [0.15, 0.2) is 44.0 Å². The van der Waals surface area contributed by atoms with E-state index in [0.717, 1.165) is 54.6 Å². The molecule has 0 radical (unpaired) electrons. The van der Waals surface area contributed by atoms with Gasteiger partial charge in [-0.2, -0.15) is 0 Å². The number of benzene rings is 3. The molecule has 3 aromatic rings. The Hall–Kier alpha value is 3.78. The molecule has 41 heteroatoms. The summed E-state index contributed by atoms with van der Waals surface area (Å²) in [5.74, 6) is -3.08. The van der Waals surface area contributed by atoms with Crippen LogP contribution in [-0.2, 0) is 246 Å². The van der Waals surface area contributed by atoms with Crippen molar-refractivity contribution in [3.05, 3.63) is 105 Å². The van der Waals surface area contributed by atoms with E-state index >= 15 is 0 Å². The van der Waals surface area contributed by atoms with Gasteiger partial charge in [-0.15, -0.1) is 0 Å². The zero-order chi connectivity index (χ0) is 34.8. The summed E-state index contributed by atoms with van der Waals surface area (Å²) in [5.41, 5.74) is -1.48. The number of aliphatic hydroxyl groups is 14. The van der Waals surface area contributed by atoms with Crippen LogP contribution in [0.25, 0.3) is 0 Å². The van der Waals surface area contributed by atoms with Crippen molar-refractivity contribution in [2.24, 2.45) is 0 Å². The molecule has 0 bridgehead atoms. The van der Waals surface area contributed by atoms with Crippen LogP contribution in [0.5, 0.6) is 0 Å². The number of carboxylic acid groups (broad SMARTS) is 2. The van der Waals surface area contributed by atoms with E-state index in [4.69, 9.17) is 71.5 Å². The van der Waals surface area contributed by atoms with Crippen molar-refractivity contribution in [1.29, 1.82) is 0 Å². The van der Waals surface area contributed by atoms with Gasteiger partial charge in [-0.1, -0.05) is 0 Å². The normalized spacial score (nSPS) is 7.49. The third kappa shape index (κ3) is 57.5. The Morgan fingerprint density at radius 1 is 0.250 bits per heavy atom. The fourth-order valence-electron chi connectivity index (χ4n) is 3.33. The molecule has 32 nitrogen and oxygen atoms in total. The van der Waals surface area contributed by atoms with E-state index in [9.17, 15) is 19.8 Å². The number of carbonyl (C=O) groups is 2. The molecule has 0 fully saturated rings. The second-order valence-corrected chi connectivity index (χ2v) is 8.90. The van der Waals surface area contributed by atoms with Crippen LogP contribution in [-0.4, -0.2) is 160 Å². The van der Waals surface area contributed by atoms with Gasteiger partial charge in [-0.05, 0) is 65.7 Å². The maximum absolute atomic E-state index is 10.5. The molecule has 0 aliphatic rings. The van der Waals surface area contributed by atoms with Crippen LogP contribution in [0.4, 0.5) is 0 Å². The van der Waals surface area contributed by atoms with E-state index in [1.165, 1.54) is 0 Å². The van der Waals surface area contributed by atoms with E-state index < -0.39 is 56.0 Å². The Bertz CT molecular complexity index is 1280. The third-order valence-electron chi connectivity index (χ3n) is 5.51. The van der Waals surface area contributed by atoms with Crippen molar-refractivity contribution in [3.8, 4) is 0 Å². The van der Waals surface area contributed by atoms with Crippen molar-refractivity contribution in [2.75, 3.05) is 0 Å². The third-order valence-corrected chi connectivity index (χ3v) is 5.51. The summed E-state index contributed by atoms with van der Waals surface area (Å²) >= 11 is 0. The summed E-state index contributed by atoms with van der Waals surface area (Å²) in [4.78, 5) is 21.0. The Balaban J connectivity index is -0.0000000182. The number of hydrogen-bond donors (Lipinski definition) is 14. The number of aromatic carboxylic acids is 2. The molecule has 0 saturated heterocycles. The Morgan fingerprint density at radius 2 is 0.338 bits per heavy atom. The van der Waals surface area contributed by atoms with Crippen molar-refractivity contribution >= 4 is 11.9 Å². The van der Waals surface area contributed by atoms with Crippen LogP contribution >= 0.6 is 0 Å². The first kappa shape index (κ1) is 151. The summed E-state index contributed by atoms with van der Waals surface area (Å²) in [6.45, 7) is 0. The number of rotatable bonds is 9. The number of aliphatic hydroxyl groups excluding tert-OH is 7. The summed E-state index contributed by atoms with van der Waals surface area (Å²) in [6, 6.07) is 9.47. The summed E-state index contributed by atoms with van der Waals surface area (Å²) in [6.07, 6.45) is -13.0. The quantitative estimate of drug-likeness (QED) is 0.0699. The standard InChI is InChI=1S/C9H12O6.2C9H10O6.9Cd.14H2O/c3*10-7(11)4-1-5(8(12)13)3-6(2-4)9(14)15;;;;;;;;;;;;;;;;;;;;;;;/h1-3,7-15H;2*1-3,7-8,10-13H,(H,14,15);;;;;;;;;;14*1H2/p-2. The van der Waals surface area contributed by atoms with E-state index in [0.29, 0.717) is 0 Å². The molecular weight excluding hydrogens is 1850 g/mol. The molecule has 3 rings (SSSR count). The first-order valence-corrected chi connectivity index (χ1v) is 12.1. The molecule has 42 N–H and O–H groups in total. The molecular formula is C27H58Cd9O32-2. The maximum atomic E-state index is 10.5. The number of carbonyl (C=O) groups excluding carboxylic acids is 2. The molecule has 0 saturated carbocycles. The van der Waals surface area contributed by atoms with Crippen molar-refractivity contribution < 1.29 is 414 Å². The second-order valence-electron chi connectivity index (χ2n) is 8.90. The van der Waals surface area contributed by atoms with Gasteiger partial charge in [0.05, 0.1) is 11.9 Å². The maximum Gasteiger partial charge on any atom is 0.178 e. The van der Waals surface area contributed by atoms with E-state index in [2.05, 4.69) is 0 Å². The minimum absolute atomic E-state index is 0. The van der Waals surface area contributed by atoms with Crippen LogP contribution in [0, 0.1) is 0 Å². The van der Waals surface area contributed by atoms with Gasteiger partial charge in [0.1, 0.15) is 0 Å². The van der Waals surface area contributed by atoms with Gasteiger partial charge in [0.2, 0.25) is 0 Å². The monoisotopic (exact) mass is 1920 g/mol. The molecule has 68 heavy (non-hydrogen) atoms. The summed E-state index contributed by atoms with van der Waals surface area (Å²) in [5, 5.41) is 145. The molecule has 3 aromatic carbocycles. The minimum atomic E-state index is -1.89. The van der Waals surface area contributed by atoms with Crippen LogP contribution in [0.1, 0.15) is 104 Å². The molecule has 0 amide bonds. The predicted molar refractivity (Wildman–Crippen MR) is 189 cm³/mol. The Labute approximate surface area is 565 Å². The molecule has 0 spiro atoms. The van der Waals surface area contributed by atoms with E-state index in [1.54, 1.807) is 0 Å². The molecule has 378 valence electrons. The first-order chi connectivity index (χ1) is 20.7. The fourth-order valence-corrected chi connectivity index (χ4v) is 3.33.